The van der Waals surface area contributed by atoms with E-state index in [9.17, 15) is 8.42 Å². The maximum Gasteiger partial charge on any atom is 0.240 e. The SMILES string of the molecule is Cc1c(N)cccc1S(=O)(=O)NCC1(CO)CC1. The maximum absolute atomic E-state index is 12.1. The molecule has 100 valence electrons. The lowest BCUT2D eigenvalue weighted by atomic mass is 10.1. The van der Waals surface area contributed by atoms with E-state index in [0.717, 1.165) is 12.8 Å². The second-order valence-corrected chi connectivity index (χ2v) is 6.69. The molecule has 0 unspecified atom stereocenters. The van der Waals surface area contributed by atoms with Gasteiger partial charge in [0.25, 0.3) is 0 Å². The zero-order valence-electron chi connectivity index (χ0n) is 10.3. The van der Waals surface area contributed by atoms with Gasteiger partial charge in [-0.25, -0.2) is 13.1 Å². The number of nitrogen functional groups attached to an aromatic ring is 1. The summed E-state index contributed by atoms with van der Waals surface area (Å²) in [5.41, 5.74) is 6.47. The Labute approximate surface area is 107 Å². The first-order chi connectivity index (χ1) is 8.40. The molecule has 0 amide bonds. The molecule has 0 heterocycles. The third-order valence-electron chi connectivity index (χ3n) is 3.55. The summed E-state index contributed by atoms with van der Waals surface area (Å²) >= 11 is 0. The van der Waals surface area contributed by atoms with Crippen molar-refractivity contribution in [3.63, 3.8) is 0 Å². The van der Waals surface area contributed by atoms with Gasteiger partial charge in [-0.1, -0.05) is 6.07 Å². The average Bonchev–Trinajstić information content (AvgIpc) is 3.11. The Morgan fingerprint density at radius 2 is 2.11 bits per heavy atom. The van der Waals surface area contributed by atoms with Gasteiger partial charge in [0.15, 0.2) is 0 Å². The first-order valence-electron chi connectivity index (χ1n) is 5.86. The summed E-state index contributed by atoms with van der Waals surface area (Å²) in [5, 5.41) is 9.17. The fraction of sp³-hybridized carbons (Fsp3) is 0.500. The van der Waals surface area contributed by atoms with Crippen LogP contribution in [0.5, 0.6) is 0 Å². The predicted octanol–water partition coefficient (Wildman–Crippen LogP) is 0.628. The van der Waals surface area contributed by atoms with Crippen molar-refractivity contribution in [1.82, 2.24) is 4.72 Å². The van der Waals surface area contributed by atoms with Crippen molar-refractivity contribution >= 4 is 15.7 Å². The lowest BCUT2D eigenvalue weighted by Crippen LogP contribution is -2.32. The lowest BCUT2D eigenvalue weighted by molar-refractivity contribution is 0.213. The smallest absolute Gasteiger partial charge is 0.240 e. The van der Waals surface area contributed by atoms with Crippen molar-refractivity contribution in [2.45, 2.75) is 24.7 Å². The van der Waals surface area contributed by atoms with Crippen LogP contribution in [0.2, 0.25) is 0 Å². The fourth-order valence-corrected chi connectivity index (χ4v) is 3.25. The van der Waals surface area contributed by atoms with Gasteiger partial charge in [0.1, 0.15) is 0 Å². The summed E-state index contributed by atoms with van der Waals surface area (Å²) in [6.07, 6.45) is 1.73. The Kier molecular flexibility index (Phi) is 3.35. The van der Waals surface area contributed by atoms with Crippen LogP contribution in [0.25, 0.3) is 0 Å². The van der Waals surface area contributed by atoms with E-state index in [2.05, 4.69) is 4.72 Å². The van der Waals surface area contributed by atoms with Gasteiger partial charge < -0.3 is 10.8 Å². The van der Waals surface area contributed by atoms with E-state index in [0.29, 0.717) is 11.3 Å². The predicted molar refractivity (Wildman–Crippen MR) is 69.5 cm³/mol. The van der Waals surface area contributed by atoms with Gasteiger partial charge in [0, 0.05) is 24.3 Å². The first-order valence-corrected chi connectivity index (χ1v) is 7.34. The number of aliphatic hydroxyl groups is 1. The molecule has 6 heteroatoms. The highest BCUT2D eigenvalue weighted by Crippen LogP contribution is 2.44. The van der Waals surface area contributed by atoms with E-state index in [1.165, 1.54) is 6.07 Å². The van der Waals surface area contributed by atoms with Crippen molar-refractivity contribution in [1.29, 1.82) is 0 Å². The van der Waals surface area contributed by atoms with Crippen LogP contribution in [0.3, 0.4) is 0 Å². The van der Waals surface area contributed by atoms with Crippen molar-refractivity contribution < 1.29 is 13.5 Å². The zero-order valence-corrected chi connectivity index (χ0v) is 11.1. The second kappa shape index (κ2) is 4.53. The number of nitrogens with two attached hydrogens (primary N) is 1. The molecule has 1 fully saturated rings. The number of aliphatic hydroxyl groups excluding tert-OH is 1. The molecule has 1 saturated carbocycles. The number of rotatable bonds is 5. The molecule has 0 atom stereocenters. The molecule has 2 rings (SSSR count). The molecule has 1 aliphatic rings. The molecule has 0 bridgehead atoms. The Balaban J connectivity index is 2.18. The zero-order chi connectivity index (χ0) is 13.4. The summed E-state index contributed by atoms with van der Waals surface area (Å²) in [6.45, 7) is 1.98. The molecule has 18 heavy (non-hydrogen) atoms. The Bertz CT molecular complexity index is 550. The molecule has 1 aromatic rings. The molecular weight excluding hydrogens is 252 g/mol. The van der Waals surface area contributed by atoms with Crippen LogP contribution in [-0.2, 0) is 10.0 Å². The maximum atomic E-state index is 12.1. The molecular formula is C12H18N2O3S. The van der Waals surface area contributed by atoms with Crippen LogP contribution in [0.1, 0.15) is 18.4 Å². The van der Waals surface area contributed by atoms with E-state index in [1.807, 2.05) is 0 Å². The van der Waals surface area contributed by atoms with Crippen molar-refractivity contribution in [2.24, 2.45) is 5.41 Å². The molecule has 0 saturated heterocycles. The van der Waals surface area contributed by atoms with Crippen LogP contribution in [0.4, 0.5) is 5.69 Å². The Morgan fingerprint density at radius 3 is 2.67 bits per heavy atom. The van der Waals surface area contributed by atoms with E-state index in [4.69, 9.17) is 10.8 Å². The molecule has 0 aromatic heterocycles. The minimum atomic E-state index is -3.56. The van der Waals surface area contributed by atoms with Crippen LogP contribution in [0.15, 0.2) is 23.1 Å². The molecule has 0 aliphatic heterocycles. The molecule has 1 aromatic carbocycles. The summed E-state index contributed by atoms with van der Waals surface area (Å²) in [5.74, 6) is 0. The normalized spacial score (nSPS) is 17.7. The van der Waals surface area contributed by atoms with Crippen LogP contribution >= 0.6 is 0 Å². The highest BCUT2D eigenvalue weighted by atomic mass is 32.2. The summed E-state index contributed by atoms with van der Waals surface area (Å²) in [6, 6.07) is 4.83. The van der Waals surface area contributed by atoms with Gasteiger partial charge in [-0.15, -0.1) is 0 Å². The number of sulfonamides is 1. The lowest BCUT2D eigenvalue weighted by Gasteiger charge is -2.14. The molecule has 0 spiro atoms. The van der Waals surface area contributed by atoms with E-state index < -0.39 is 10.0 Å². The van der Waals surface area contributed by atoms with Crippen LogP contribution in [-0.4, -0.2) is 26.7 Å². The van der Waals surface area contributed by atoms with Crippen LogP contribution in [0, 0.1) is 12.3 Å². The van der Waals surface area contributed by atoms with Crippen molar-refractivity contribution in [3.8, 4) is 0 Å². The monoisotopic (exact) mass is 270 g/mol. The summed E-state index contributed by atoms with van der Waals surface area (Å²) in [7, 11) is -3.56. The van der Waals surface area contributed by atoms with Gasteiger partial charge in [-0.3, -0.25) is 0 Å². The summed E-state index contributed by atoms with van der Waals surface area (Å²) in [4.78, 5) is 0.205. The minimum Gasteiger partial charge on any atom is -0.398 e. The van der Waals surface area contributed by atoms with Gasteiger partial charge in [-0.05, 0) is 37.5 Å². The Morgan fingerprint density at radius 1 is 1.44 bits per heavy atom. The number of hydrogen-bond donors (Lipinski definition) is 3. The average molecular weight is 270 g/mol. The molecule has 4 N–H and O–H groups in total. The van der Waals surface area contributed by atoms with E-state index >= 15 is 0 Å². The third kappa shape index (κ3) is 2.50. The molecule has 5 nitrogen and oxygen atoms in total. The van der Waals surface area contributed by atoms with Crippen molar-refractivity contribution in [2.75, 3.05) is 18.9 Å². The molecule has 0 radical (unpaired) electrons. The highest BCUT2D eigenvalue weighted by molar-refractivity contribution is 7.89. The van der Waals surface area contributed by atoms with Gasteiger partial charge in [0.05, 0.1) is 4.90 Å². The second-order valence-electron chi connectivity index (χ2n) is 4.95. The standard InChI is InChI=1S/C12H18N2O3S/c1-9-10(13)3-2-4-11(9)18(16,17)14-7-12(8-15)5-6-12/h2-4,14-15H,5-8,13H2,1H3. The molecule has 1 aliphatic carbocycles. The number of benzene rings is 1. The van der Waals surface area contributed by atoms with Gasteiger partial charge in [-0.2, -0.15) is 0 Å². The highest BCUT2D eigenvalue weighted by Gasteiger charge is 2.42. The largest absolute Gasteiger partial charge is 0.398 e. The minimum absolute atomic E-state index is 0.0193. The fourth-order valence-electron chi connectivity index (χ4n) is 1.82. The Hall–Kier alpha value is -1.11. The van der Waals surface area contributed by atoms with Crippen LogP contribution < -0.4 is 10.5 Å². The quantitative estimate of drug-likeness (QED) is 0.684. The topological polar surface area (TPSA) is 92.4 Å². The van der Waals surface area contributed by atoms with E-state index in [1.54, 1.807) is 19.1 Å². The van der Waals surface area contributed by atoms with E-state index in [-0.39, 0.29) is 23.5 Å². The van der Waals surface area contributed by atoms with Gasteiger partial charge >= 0.3 is 0 Å². The summed E-state index contributed by atoms with van der Waals surface area (Å²) < 4.78 is 26.8. The third-order valence-corrected chi connectivity index (χ3v) is 5.09. The number of hydrogen-bond acceptors (Lipinski definition) is 4. The number of nitrogens with one attached hydrogen (secondary N) is 1. The van der Waals surface area contributed by atoms with Crippen molar-refractivity contribution in [3.05, 3.63) is 23.8 Å². The number of anilines is 1. The van der Waals surface area contributed by atoms with Gasteiger partial charge in [0.2, 0.25) is 10.0 Å². The first kappa shape index (κ1) is 13.3.